The molecule has 0 unspecified atom stereocenters. The van der Waals surface area contributed by atoms with Gasteiger partial charge in [-0.05, 0) is 24.0 Å². The predicted octanol–water partition coefficient (Wildman–Crippen LogP) is 2.12. The summed E-state index contributed by atoms with van der Waals surface area (Å²) >= 11 is 0. The third-order valence-corrected chi connectivity index (χ3v) is 9.15. The Hall–Kier alpha value is -3.02. The SMILES string of the molecule is COC(=O)CCCCCCCCO[C@H]1O[C@H](CO[C@H]2O[C@H](CO)[C@@H](O)[C@H](O)[C@@H]2NC(C)=O)[C@@H](OCc2ccccc2)[C@H](O)[C@@H]1OCc1ccccc1. The summed E-state index contributed by atoms with van der Waals surface area (Å²) in [6.45, 7) is 1.06. The molecule has 2 aromatic rings. The molecule has 2 saturated heterocycles. The minimum atomic E-state index is -1.50. The quantitative estimate of drug-likeness (QED) is 0.0927. The van der Waals surface area contributed by atoms with Gasteiger partial charge in [-0.2, -0.15) is 0 Å². The Morgan fingerprint density at radius 3 is 1.87 bits per heavy atom. The summed E-state index contributed by atoms with van der Waals surface area (Å²) in [5.41, 5.74) is 1.76. The molecule has 2 aliphatic rings. The van der Waals surface area contributed by atoms with Crippen LogP contribution in [0.3, 0.4) is 0 Å². The van der Waals surface area contributed by atoms with E-state index in [-0.39, 0.29) is 25.8 Å². The van der Waals surface area contributed by atoms with E-state index in [2.05, 4.69) is 5.32 Å². The zero-order chi connectivity index (χ0) is 37.3. The van der Waals surface area contributed by atoms with Gasteiger partial charge in [0.05, 0.1) is 33.5 Å². The Bertz CT molecular complexity index is 1300. The summed E-state index contributed by atoms with van der Waals surface area (Å²) in [6, 6.07) is 17.8. The van der Waals surface area contributed by atoms with Gasteiger partial charge in [0.15, 0.2) is 12.6 Å². The van der Waals surface area contributed by atoms with Crippen LogP contribution in [0.2, 0.25) is 0 Å². The molecule has 0 aliphatic carbocycles. The molecule has 290 valence electrons. The number of carbonyl (C=O) groups excluding carboxylic acids is 2. The zero-order valence-electron chi connectivity index (χ0n) is 30.0. The molecule has 14 nitrogen and oxygen atoms in total. The number of methoxy groups -OCH3 is 1. The molecule has 10 atom stereocenters. The van der Waals surface area contributed by atoms with Crippen LogP contribution < -0.4 is 5.32 Å². The first-order valence-electron chi connectivity index (χ1n) is 18.1. The monoisotopic (exact) mass is 733 g/mol. The molecule has 1 amide bonds. The molecule has 14 heteroatoms. The molecule has 0 aromatic heterocycles. The fourth-order valence-electron chi connectivity index (χ4n) is 6.26. The Kier molecular flexibility index (Phi) is 17.9. The van der Waals surface area contributed by atoms with E-state index in [4.69, 9.17) is 33.2 Å². The lowest BCUT2D eigenvalue weighted by molar-refractivity contribution is -0.332. The highest BCUT2D eigenvalue weighted by atomic mass is 16.7. The van der Waals surface area contributed by atoms with Crippen molar-refractivity contribution in [2.45, 2.75) is 126 Å². The van der Waals surface area contributed by atoms with Crippen LogP contribution in [0.15, 0.2) is 60.7 Å². The Labute approximate surface area is 305 Å². The number of esters is 1. The number of amides is 1. The van der Waals surface area contributed by atoms with Gasteiger partial charge in [-0.15, -0.1) is 0 Å². The molecule has 52 heavy (non-hydrogen) atoms. The summed E-state index contributed by atoms with van der Waals surface area (Å²) in [7, 11) is 1.39. The van der Waals surface area contributed by atoms with E-state index >= 15 is 0 Å². The first-order chi connectivity index (χ1) is 25.2. The largest absolute Gasteiger partial charge is 0.469 e. The third kappa shape index (κ3) is 12.8. The minimum Gasteiger partial charge on any atom is -0.469 e. The lowest BCUT2D eigenvalue weighted by Gasteiger charge is -2.45. The highest BCUT2D eigenvalue weighted by Crippen LogP contribution is 2.30. The van der Waals surface area contributed by atoms with Crippen molar-refractivity contribution in [3.63, 3.8) is 0 Å². The van der Waals surface area contributed by atoms with Gasteiger partial charge in [0, 0.05) is 20.0 Å². The summed E-state index contributed by atoms with van der Waals surface area (Å²) in [5, 5.41) is 45.4. The van der Waals surface area contributed by atoms with Gasteiger partial charge < -0.3 is 58.9 Å². The molecule has 0 radical (unpaired) electrons. The van der Waals surface area contributed by atoms with E-state index in [9.17, 15) is 30.0 Å². The number of aliphatic hydroxyl groups excluding tert-OH is 4. The number of rotatable bonds is 21. The van der Waals surface area contributed by atoms with E-state index in [0.29, 0.717) is 13.0 Å². The topological polar surface area (TPSA) is 192 Å². The van der Waals surface area contributed by atoms with Gasteiger partial charge in [0.1, 0.15) is 48.8 Å². The number of nitrogens with one attached hydrogen (secondary N) is 1. The van der Waals surface area contributed by atoms with Gasteiger partial charge in [0.2, 0.25) is 5.91 Å². The van der Waals surface area contributed by atoms with Crippen LogP contribution in [-0.2, 0) is 56.0 Å². The summed E-state index contributed by atoms with van der Waals surface area (Å²) in [5.74, 6) is -0.689. The second-order valence-electron chi connectivity index (χ2n) is 13.1. The molecule has 0 bridgehead atoms. The number of benzene rings is 2. The van der Waals surface area contributed by atoms with Gasteiger partial charge >= 0.3 is 5.97 Å². The molecule has 0 saturated carbocycles. The Balaban J connectivity index is 1.47. The Morgan fingerprint density at radius 1 is 0.692 bits per heavy atom. The number of carbonyl (C=O) groups is 2. The summed E-state index contributed by atoms with van der Waals surface area (Å²) in [4.78, 5) is 23.3. The molecule has 4 rings (SSSR count). The van der Waals surface area contributed by atoms with E-state index in [0.717, 1.165) is 49.7 Å². The minimum absolute atomic E-state index is 0.144. The Morgan fingerprint density at radius 2 is 1.27 bits per heavy atom. The summed E-state index contributed by atoms with van der Waals surface area (Å²) < 4.78 is 41.8. The highest BCUT2D eigenvalue weighted by molar-refractivity contribution is 5.73. The van der Waals surface area contributed by atoms with Crippen LogP contribution in [0.5, 0.6) is 0 Å². The van der Waals surface area contributed by atoms with Gasteiger partial charge in [0.25, 0.3) is 0 Å². The zero-order valence-corrected chi connectivity index (χ0v) is 30.0. The fraction of sp³-hybridized carbons (Fsp3) is 0.632. The molecular weight excluding hydrogens is 678 g/mol. The third-order valence-electron chi connectivity index (χ3n) is 9.15. The van der Waals surface area contributed by atoms with Gasteiger partial charge in [-0.3, -0.25) is 9.59 Å². The maximum Gasteiger partial charge on any atom is 0.305 e. The lowest BCUT2D eigenvalue weighted by atomic mass is 9.96. The number of aliphatic hydroxyl groups is 4. The average molecular weight is 734 g/mol. The normalized spacial score (nSPS) is 29.0. The van der Waals surface area contributed by atoms with Crippen molar-refractivity contribution in [3.05, 3.63) is 71.8 Å². The van der Waals surface area contributed by atoms with Crippen LogP contribution in [0.4, 0.5) is 0 Å². The molecule has 0 spiro atoms. The second kappa shape index (κ2) is 22.3. The van der Waals surface area contributed by atoms with Crippen molar-refractivity contribution < 1.29 is 63.2 Å². The first kappa shape index (κ1) is 41.7. The van der Waals surface area contributed by atoms with Crippen molar-refractivity contribution in [1.82, 2.24) is 5.32 Å². The van der Waals surface area contributed by atoms with Crippen molar-refractivity contribution >= 4 is 11.9 Å². The van der Waals surface area contributed by atoms with E-state index < -0.39 is 73.9 Å². The fourth-order valence-corrected chi connectivity index (χ4v) is 6.26. The number of unbranched alkanes of at least 4 members (excludes halogenated alkanes) is 5. The molecule has 2 fully saturated rings. The van der Waals surface area contributed by atoms with Crippen LogP contribution in [0, 0.1) is 0 Å². The number of hydrogen-bond donors (Lipinski definition) is 5. The summed E-state index contributed by atoms with van der Waals surface area (Å²) in [6.07, 6.45) is -4.84. The van der Waals surface area contributed by atoms with E-state index in [1.54, 1.807) is 0 Å². The predicted molar refractivity (Wildman–Crippen MR) is 186 cm³/mol. The van der Waals surface area contributed by atoms with E-state index in [1.165, 1.54) is 14.0 Å². The van der Waals surface area contributed by atoms with E-state index in [1.807, 2.05) is 60.7 Å². The maximum atomic E-state index is 12.0. The van der Waals surface area contributed by atoms with Crippen LogP contribution in [0.1, 0.15) is 63.0 Å². The van der Waals surface area contributed by atoms with Crippen molar-refractivity contribution in [1.29, 1.82) is 0 Å². The number of hydrogen-bond acceptors (Lipinski definition) is 13. The molecule has 2 aromatic carbocycles. The maximum absolute atomic E-state index is 12.0. The van der Waals surface area contributed by atoms with Crippen LogP contribution in [-0.4, -0.2) is 121 Å². The van der Waals surface area contributed by atoms with Crippen LogP contribution >= 0.6 is 0 Å². The molecule has 2 aliphatic heterocycles. The first-order valence-corrected chi connectivity index (χ1v) is 18.1. The standard InChI is InChI=1S/C38H55NO13/c1-25(41)39-31-33(44)32(43)28(21-40)51-37(31)50-24-29-35(48-22-26-15-9-7-10-16-26)34(45)36(49-23-27-17-11-8-12-18-27)38(52-29)47-20-14-6-4-3-5-13-19-30(42)46-2/h7-12,15-18,28-29,31-38,40,43-45H,3-6,13-14,19-24H2,1-2H3,(H,39,41)/t28-,29-,31+,32-,33-,34+,35-,36+,37+,38+/m1/s1. The smallest absolute Gasteiger partial charge is 0.305 e. The lowest BCUT2D eigenvalue weighted by Crippen LogP contribution is -2.65. The second-order valence-corrected chi connectivity index (χ2v) is 13.1. The van der Waals surface area contributed by atoms with Crippen molar-refractivity contribution in [2.75, 3.05) is 26.9 Å². The molecule has 2 heterocycles. The van der Waals surface area contributed by atoms with Crippen LogP contribution in [0.25, 0.3) is 0 Å². The number of ether oxygens (including phenoxy) is 7. The average Bonchev–Trinajstić information content (AvgIpc) is 3.15. The molecular formula is C38H55NO13. The molecule has 5 N–H and O–H groups in total. The highest BCUT2D eigenvalue weighted by Gasteiger charge is 2.50. The van der Waals surface area contributed by atoms with Crippen molar-refractivity contribution in [3.8, 4) is 0 Å². The van der Waals surface area contributed by atoms with Gasteiger partial charge in [-0.25, -0.2) is 0 Å². The van der Waals surface area contributed by atoms with Gasteiger partial charge in [-0.1, -0.05) is 86.3 Å². The van der Waals surface area contributed by atoms with Crippen molar-refractivity contribution in [2.24, 2.45) is 0 Å².